The lowest BCUT2D eigenvalue weighted by Crippen LogP contribution is -2.36. The summed E-state index contributed by atoms with van der Waals surface area (Å²) in [6.07, 6.45) is 1.44. The number of hydrogen-bond acceptors (Lipinski definition) is 4. The van der Waals surface area contributed by atoms with E-state index in [1.807, 2.05) is 11.8 Å². The van der Waals surface area contributed by atoms with E-state index in [4.69, 9.17) is 0 Å². The number of nitrogens with zero attached hydrogens (tertiary/aromatic N) is 2. The Labute approximate surface area is 91.6 Å². The molecular weight excluding hydrogens is 214 g/mol. The molecule has 0 spiro atoms. The molecule has 1 aromatic heterocycles. The molecule has 0 bridgehead atoms. The highest BCUT2D eigenvalue weighted by Gasteiger charge is 2.19. The summed E-state index contributed by atoms with van der Waals surface area (Å²) in [6, 6.07) is 3.31. The number of pyridine rings is 1. The van der Waals surface area contributed by atoms with E-state index >= 15 is 0 Å². The standard InChI is InChI=1S/C9H11N3O2S/c13-12(14)8-1-2-9(10-7-8)11-3-5-15-6-4-11/h1-2,7H,3-6H2/p+1. The summed E-state index contributed by atoms with van der Waals surface area (Å²) in [6.45, 7) is 2.00. The maximum absolute atomic E-state index is 10.5. The van der Waals surface area contributed by atoms with Gasteiger partial charge < -0.3 is 0 Å². The fourth-order valence-corrected chi connectivity index (χ4v) is 2.43. The van der Waals surface area contributed by atoms with Gasteiger partial charge >= 0.3 is 5.69 Å². The van der Waals surface area contributed by atoms with Crippen LogP contribution in [0.4, 0.5) is 11.5 Å². The smallest absolute Gasteiger partial charge is 0.260 e. The van der Waals surface area contributed by atoms with Crippen molar-refractivity contribution in [2.75, 3.05) is 29.5 Å². The van der Waals surface area contributed by atoms with Crippen molar-refractivity contribution in [3.63, 3.8) is 0 Å². The van der Waals surface area contributed by atoms with Gasteiger partial charge in [0, 0.05) is 23.6 Å². The van der Waals surface area contributed by atoms with Crippen LogP contribution in [0.25, 0.3) is 0 Å². The highest BCUT2D eigenvalue weighted by Crippen LogP contribution is 2.16. The van der Waals surface area contributed by atoms with E-state index in [2.05, 4.69) is 9.88 Å². The van der Waals surface area contributed by atoms with E-state index in [0.29, 0.717) is 0 Å². The van der Waals surface area contributed by atoms with Crippen LogP contribution in [-0.2, 0) is 0 Å². The van der Waals surface area contributed by atoms with Gasteiger partial charge in [-0.25, -0.2) is 4.98 Å². The number of thioether (sulfide) groups is 1. The molecular formula is C9H12N3O2S+. The highest BCUT2D eigenvalue weighted by atomic mass is 32.2. The summed E-state index contributed by atoms with van der Waals surface area (Å²) in [5, 5.41) is 10.5. The van der Waals surface area contributed by atoms with E-state index in [1.165, 1.54) is 12.3 Å². The average Bonchev–Trinajstić information content (AvgIpc) is 2.30. The molecule has 2 rings (SSSR count). The zero-order valence-corrected chi connectivity index (χ0v) is 9.00. The third-order valence-corrected chi connectivity index (χ3v) is 3.28. The molecule has 0 aliphatic carbocycles. The third-order valence-electron chi connectivity index (χ3n) is 2.34. The number of nitro groups is 1. The minimum Gasteiger partial charge on any atom is -0.260 e. The fraction of sp³-hybridized carbons (Fsp3) is 0.444. The van der Waals surface area contributed by atoms with Gasteiger partial charge in [0.2, 0.25) is 0 Å². The third kappa shape index (κ3) is 2.38. The Morgan fingerprint density at radius 3 is 2.67 bits per heavy atom. The molecule has 15 heavy (non-hydrogen) atoms. The van der Waals surface area contributed by atoms with Crippen LogP contribution < -0.4 is 9.88 Å². The van der Waals surface area contributed by atoms with Gasteiger partial charge in [-0.2, -0.15) is 11.8 Å². The molecule has 2 heterocycles. The Kier molecular flexibility index (Phi) is 3.05. The fourth-order valence-electron chi connectivity index (χ4n) is 1.52. The number of aromatic nitrogens is 1. The molecule has 0 radical (unpaired) electrons. The normalized spacial score (nSPS) is 16.4. The van der Waals surface area contributed by atoms with Crippen molar-refractivity contribution in [1.82, 2.24) is 0 Å². The molecule has 1 aliphatic heterocycles. The first-order valence-corrected chi connectivity index (χ1v) is 5.91. The van der Waals surface area contributed by atoms with Gasteiger partial charge in [-0.1, -0.05) is 0 Å². The minimum atomic E-state index is -0.396. The molecule has 0 atom stereocenters. The average molecular weight is 226 g/mol. The number of hydrogen-bond donors (Lipinski definition) is 0. The van der Waals surface area contributed by atoms with Gasteiger partial charge in [0.05, 0.1) is 18.0 Å². The largest absolute Gasteiger partial charge is 0.308 e. The predicted octanol–water partition coefficient (Wildman–Crippen LogP) is 0.962. The highest BCUT2D eigenvalue weighted by molar-refractivity contribution is 7.99. The molecule has 1 aliphatic rings. The SMILES string of the molecule is O=[N+]([O-])c1ccc(N2CCSCC2)[nH+]c1. The van der Waals surface area contributed by atoms with Crippen LogP contribution in [0, 0.1) is 10.1 Å². The number of rotatable bonds is 2. The first kappa shape index (κ1) is 10.2. The van der Waals surface area contributed by atoms with Gasteiger partial charge in [0.25, 0.3) is 5.82 Å². The summed E-state index contributed by atoms with van der Waals surface area (Å²) >= 11 is 1.94. The van der Waals surface area contributed by atoms with Crippen molar-refractivity contribution in [1.29, 1.82) is 0 Å². The Morgan fingerprint density at radius 2 is 2.13 bits per heavy atom. The molecule has 1 saturated heterocycles. The van der Waals surface area contributed by atoms with Crippen molar-refractivity contribution < 1.29 is 9.91 Å². The molecule has 0 saturated carbocycles. The quantitative estimate of drug-likeness (QED) is 0.556. The van der Waals surface area contributed by atoms with Crippen molar-refractivity contribution >= 4 is 23.3 Å². The first-order valence-electron chi connectivity index (χ1n) is 4.76. The number of aromatic amines is 1. The molecule has 80 valence electrons. The van der Waals surface area contributed by atoms with Crippen LogP contribution in [-0.4, -0.2) is 29.5 Å². The molecule has 5 nitrogen and oxygen atoms in total. The minimum absolute atomic E-state index is 0.102. The topological polar surface area (TPSA) is 60.5 Å². The Bertz CT molecular complexity index is 349. The maximum Gasteiger partial charge on any atom is 0.308 e. The van der Waals surface area contributed by atoms with E-state index < -0.39 is 4.92 Å². The Balaban J connectivity index is 2.11. The van der Waals surface area contributed by atoms with E-state index in [1.54, 1.807) is 6.07 Å². The molecule has 0 amide bonds. The number of H-pyrrole nitrogens is 1. The second-order valence-electron chi connectivity index (χ2n) is 3.29. The summed E-state index contributed by atoms with van der Waals surface area (Å²) in [5.74, 6) is 3.19. The van der Waals surface area contributed by atoms with Crippen LogP contribution >= 0.6 is 11.8 Å². The van der Waals surface area contributed by atoms with Crippen molar-refractivity contribution in [3.8, 4) is 0 Å². The van der Waals surface area contributed by atoms with Crippen molar-refractivity contribution in [2.45, 2.75) is 0 Å². The van der Waals surface area contributed by atoms with Crippen LogP contribution in [0.5, 0.6) is 0 Å². The molecule has 1 aromatic rings. The van der Waals surface area contributed by atoms with E-state index in [9.17, 15) is 10.1 Å². The first-order chi connectivity index (χ1) is 7.27. The van der Waals surface area contributed by atoms with Gasteiger partial charge in [-0.15, -0.1) is 0 Å². The summed E-state index contributed by atoms with van der Waals surface area (Å²) in [5.41, 5.74) is 0.102. The van der Waals surface area contributed by atoms with Gasteiger partial charge in [-0.05, 0) is 0 Å². The monoisotopic (exact) mass is 226 g/mol. The van der Waals surface area contributed by atoms with Crippen molar-refractivity contribution in [2.24, 2.45) is 0 Å². The number of anilines is 1. The second-order valence-corrected chi connectivity index (χ2v) is 4.51. The van der Waals surface area contributed by atoms with Crippen LogP contribution in [0.2, 0.25) is 0 Å². The molecule has 0 aromatic carbocycles. The van der Waals surface area contributed by atoms with Crippen LogP contribution in [0.1, 0.15) is 0 Å². The van der Waals surface area contributed by atoms with Crippen LogP contribution in [0.15, 0.2) is 18.3 Å². The summed E-state index contributed by atoms with van der Waals surface area (Å²) in [4.78, 5) is 15.2. The van der Waals surface area contributed by atoms with Gasteiger partial charge in [0.15, 0.2) is 6.20 Å². The van der Waals surface area contributed by atoms with Gasteiger partial charge in [-0.3, -0.25) is 15.0 Å². The van der Waals surface area contributed by atoms with E-state index in [-0.39, 0.29) is 5.69 Å². The van der Waals surface area contributed by atoms with Gasteiger partial charge in [0.1, 0.15) is 0 Å². The van der Waals surface area contributed by atoms with E-state index in [0.717, 1.165) is 30.4 Å². The van der Waals surface area contributed by atoms with Crippen molar-refractivity contribution in [3.05, 3.63) is 28.4 Å². The predicted molar refractivity (Wildman–Crippen MR) is 59.2 cm³/mol. The maximum atomic E-state index is 10.5. The number of nitrogens with one attached hydrogen (secondary N) is 1. The lowest BCUT2D eigenvalue weighted by Gasteiger charge is -2.20. The Hall–Kier alpha value is -1.30. The second kappa shape index (κ2) is 4.48. The zero-order valence-electron chi connectivity index (χ0n) is 8.18. The molecule has 1 fully saturated rings. The lowest BCUT2D eigenvalue weighted by molar-refractivity contribution is -0.414. The molecule has 1 N–H and O–H groups in total. The molecule has 6 heteroatoms. The molecule has 0 unspecified atom stereocenters. The Morgan fingerprint density at radius 1 is 1.40 bits per heavy atom. The summed E-state index contributed by atoms with van der Waals surface area (Å²) in [7, 11) is 0. The summed E-state index contributed by atoms with van der Waals surface area (Å²) < 4.78 is 0. The lowest BCUT2D eigenvalue weighted by atomic mass is 10.4. The zero-order chi connectivity index (χ0) is 10.7. The van der Waals surface area contributed by atoms with Crippen LogP contribution in [0.3, 0.4) is 0 Å².